The number of carbonyl (C=O) groups is 2. The molecule has 1 aromatic heterocycles. The third-order valence-electron chi connectivity index (χ3n) is 3.94. The molecule has 0 aliphatic carbocycles. The topological polar surface area (TPSA) is 110 Å². The molecule has 1 N–H and O–H groups in total. The number of anilines is 1. The van der Waals surface area contributed by atoms with E-state index in [-0.39, 0.29) is 38.6 Å². The average molecular weight is 457 g/mol. The number of carbonyl (C=O) groups excluding carboxylic acids is 1. The second-order valence-corrected chi connectivity index (χ2v) is 6.88. The van der Waals surface area contributed by atoms with E-state index in [0.29, 0.717) is 4.68 Å². The Hall–Kier alpha value is -2.88. The van der Waals surface area contributed by atoms with Gasteiger partial charge in [0.2, 0.25) is 0 Å². The van der Waals surface area contributed by atoms with Crippen LogP contribution in [0.25, 0.3) is 5.69 Å². The number of para-hydroxylation sites is 1. The fourth-order valence-corrected chi connectivity index (χ4v) is 3.35. The van der Waals surface area contributed by atoms with Gasteiger partial charge >= 0.3 is 17.7 Å². The quantitative estimate of drug-likeness (QED) is 0.601. The zero-order chi connectivity index (χ0) is 21.3. The van der Waals surface area contributed by atoms with Gasteiger partial charge in [-0.05, 0) is 47.7 Å². The van der Waals surface area contributed by atoms with Crippen LogP contribution in [-0.4, -0.2) is 43.4 Å². The molecule has 0 fully saturated rings. The van der Waals surface area contributed by atoms with Gasteiger partial charge in [-0.2, -0.15) is 4.68 Å². The van der Waals surface area contributed by atoms with Crippen LogP contribution in [0.1, 0.15) is 17.3 Å². The minimum atomic E-state index is -1.19. The summed E-state index contributed by atoms with van der Waals surface area (Å²) in [5.41, 5.74) is -0.798. The summed E-state index contributed by atoms with van der Waals surface area (Å²) >= 11 is 18.3. The summed E-state index contributed by atoms with van der Waals surface area (Å²) in [4.78, 5) is 38.0. The zero-order valence-corrected chi connectivity index (χ0v) is 17.0. The summed E-state index contributed by atoms with van der Waals surface area (Å²) in [6, 6.07) is 7.60. The van der Waals surface area contributed by atoms with Gasteiger partial charge in [0, 0.05) is 6.54 Å². The van der Waals surface area contributed by atoms with Crippen LogP contribution in [0.15, 0.2) is 41.2 Å². The minimum absolute atomic E-state index is 0.0745. The Morgan fingerprint density at radius 3 is 2.31 bits per heavy atom. The summed E-state index contributed by atoms with van der Waals surface area (Å²) in [5, 5.41) is 16.9. The van der Waals surface area contributed by atoms with Crippen LogP contribution in [0.5, 0.6) is 0 Å². The van der Waals surface area contributed by atoms with Crippen LogP contribution in [-0.2, 0) is 0 Å². The van der Waals surface area contributed by atoms with E-state index < -0.39 is 17.7 Å². The van der Waals surface area contributed by atoms with Crippen LogP contribution in [0.3, 0.4) is 0 Å². The summed E-state index contributed by atoms with van der Waals surface area (Å²) in [5.74, 6) is -1.19. The Labute approximate surface area is 178 Å². The molecule has 0 atom stereocenters. The molecule has 0 unspecified atom stereocenters. The van der Waals surface area contributed by atoms with Crippen LogP contribution < -0.4 is 10.6 Å². The Morgan fingerprint density at radius 2 is 1.72 bits per heavy atom. The van der Waals surface area contributed by atoms with E-state index in [2.05, 4.69) is 10.4 Å². The third-order valence-corrected chi connectivity index (χ3v) is 4.87. The summed E-state index contributed by atoms with van der Waals surface area (Å²) < 4.78 is 1.30. The average Bonchev–Trinajstić information content (AvgIpc) is 3.04. The van der Waals surface area contributed by atoms with Crippen molar-refractivity contribution in [3.05, 3.63) is 67.5 Å². The molecule has 0 saturated heterocycles. The normalized spacial score (nSPS) is 10.8. The molecule has 1 heterocycles. The molecule has 29 heavy (non-hydrogen) atoms. The number of benzene rings is 2. The number of tetrazole rings is 1. The highest BCUT2D eigenvalue weighted by molar-refractivity contribution is 6.37. The molecule has 3 rings (SSSR count). The summed E-state index contributed by atoms with van der Waals surface area (Å²) in [7, 11) is 0. The molecule has 9 nitrogen and oxygen atoms in total. The number of aromatic carboxylic acids is 1. The number of hydrogen-bond donors (Lipinski definition) is 1. The predicted octanol–water partition coefficient (Wildman–Crippen LogP) is 3.58. The van der Waals surface area contributed by atoms with Crippen LogP contribution in [0.2, 0.25) is 15.1 Å². The number of hydrogen-bond acceptors (Lipinski definition) is 5. The molecule has 3 aromatic rings. The van der Waals surface area contributed by atoms with Crippen molar-refractivity contribution in [2.24, 2.45) is 0 Å². The van der Waals surface area contributed by atoms with Gasteiger partial charge in [-0.1, -0.05) is 40.9 Å². The number of amides is 1. The van der Waals surface area contributed by atoms with Crippen LogP contribution >= 0.6 is 34.8 Å². The first-order valence-electron chi connectivity index (χ1n) is 8.10. The Kier molecular flexibility index (Phi) is 5.92. The number of rotatable bonds is 4. The maximum Gasteiger partial charge on any atom is 0.377 e. The standard InChI is InChI=1S/C17H12Cl3N5O4/c1-2-23(13-8-9(15(26)27)6-7-10(13)18)16(28)25-17(29)24(21-22-25)14-11(19)4-3-5-12(14)20/h3-8H,2H2,1H3,(H,26,27). The first-order valence-corrected chi connectivity index (χ1v) is 9.23. The van der Waals surface area contributed by atoms with Gasteiger partial charge < -0.3 is 5.11 Å². The van der Waals surface area contributed by atoms with Gasteiger partial charge in [-0.25, -0.2) is 14.4 Å². The van der Waals surface area contributed by atoms with Gasteiger partial charge in [0.15, 0.2) is 0 Å². The van der Waals surface area contributed by atoms with Crippen molar-refractivity contribution in [2.45, 2.75) is 6.92 Å². The van der Waals surface area contributed by atoms with Gasteiger partial charge in [0.25, 0.3) is 0 Å². The highest BCUT2D eigenvalue weighted by atomic mass is 35.5. The number of halogens is 3. The molecule has 2 aromatic carbocycles. The van der Waals surface area contributed by atoms with E-state index in [1.165, 1.54) is 30.3 Å². The van der Waals surface area contributed by atoms with E-state index in [4.69, 9.17) is 34.8 Å². The Balaban J connectivity index is 2.07. The lowest BCUT2D eigenvalue weighted by Crippen LogP contribution is -2.41. The van der Waals surface area contributed by atoms with Crippen LogP contribution in [0, 0.1) is 0 Å². The van der Waals surface area contributed by atoms with Crippen LogP contribution in [0.4, 0.5) is 10.5 Å². The lowest BCUT2D eigenvalue weighted by Gasteiger charge is -2.21. The minimum Gasteiger partial charge on any atom is -0.478 e. The largest absolute Gasteiger partial charge is 0.478 e. The van der Waals surface area contributed by atoms with Gasteiger partial charge in [-0.15, -0.1) is 4.68 Å². The molecule has 0 aliphatic heterocycles. The summed E-state index contributed by atoms with van der Waals surface area (Å²) in [6.07, 6.45) is 0. The maximum atomic E-state index is 12.9. The molecular formula is C17H12Cl3N5O4. The number of carboxylic acids is 1. The van der Waals surface area contributed by atoms with Gasteiger partial charge in [0.1, 0.15) is 5.69 Å². The monoisotopic (exact) mass is 455 g/mol. The maximum absolute atomic E-state index is 12.9. The molecule has 12 heteroatoms. The third kappa shape index (κ3) is 3.84. The van der Waals surface area contributed by atoms with E-state index >= 15 is 0 Å². The van der Waals surface area contributed by atoms with Crippen molar-refractivity contribution in [1.29, 1.82) is 0 Å². The number of carboxylic acid groups (broad SMARTS) is 1. The molecule has 0 radical (unpaired) electrons. The van der Waals surface area contributed by atoms with Crippen molar-refractivity contribution in [1.82, 2.24) is 19.8 Å². The number of nitrogens with zero attached hydrogens (tertiary/aromatic N) is 5. The molecule has 0 aliphatic rings. The highest BCUT2D eigenvalue weighted by Gasteiger charge is 2.25. The van der Waals surface area contributed by atoms with E-state index in [1.807, 2.05) is 0 Å². The molecule has 150 valence electrons. The molecule has 0 spiro atoms. The lowest BCUT2D eigenvalue weighted by atomic mass is 10.2. The lowest BCUT2D eigenvalue weighted by molar-refractivity contribution is 0.0697. The first kappa shape index (κ1) is 20.8. The predicted molar refractivity (Wildman–Crippen MR) is 108 cm³/mol. The van der Waals surface area contributed by atoms with Crippen molar-refractivity contribution in [3.63, 3.8) is 0 Å². The SMILES string of the molecule is CCN(C(=O)n1nnn(-c2c(Cl)cccc2Cl)c1=O)c1cc(C(=O)O)ccc1Cl. The van der Waals surface area contributed by atoms with Crippen molar-refractivity contribution < 1.29 is 14.7 Å². The molecule has 1 amide bonds. The number of aromatic nitrogens is 4. The first-order chi connectivity index (χ1) is 13.8. The molecule has 0 saturated carbocycles. The fourth-order valence-electron chi connectivity index (χ4n) is 2.57. The van der Waals surface area contributed by atoms with Crippen molar-refractivity contribution >= 4 is 52.5 Å². The van der Waals surface area contributed by atoms with E-state index in [0.717, 1.165) is 9.58 Å². The molecular weight excluding hydrogens is 445 g/mol. The fraction of sp³-hybridized carbons (Fsp3) is 0.118. The second-order valence-electron chi connectivity index (χ2n) is 5.65. The smallest absolute Gasteiger partial charge is 0.377 e. The Bertz CT molecular complexity index is 1150. The zero-order valence-electron chi connectivity index (χ0n) is 14.7. The highest BCUT2D eigenvalue weighted by Crippen LogP contribution is 2.28. The van der Waals surface area contributed by atoms with E-state index in [1.54, 1.807) is 13.0 Å². The van der Waals surface area contributed by atoms with E-state index in [9.17, 15) is 19.5 Å². The second kappa shape index (κ2) is 8.24. The summed E-state index contributed by atoms with van der Waals surface area (Å²) in [6.45, 7) is 1.70. The molecule has 0 bridgehead atoms. The van der Waals surface area contributed by atoms with Gasteiger partial charge in [-0.3, -0.25) is 4.90 Å². The van der Waals surface area contributed by atoms with Gasteiger partial charge in [0.05, 0.1) is 26.3 Å². The Morgan fingerprint density at radius 1 is 1.07 bits per heavy atom. The van der Waals surface area contributed by atoms with Crippen molar-refractivity contribution in [3.8, 4) is 5.69 Å². The van der Waals surface area contributed by atoms with Crippen molar-refractivity contribution in [2.75, 3.05) is 11.4 Å².